The first kappa shape index (κ1) is 12.9. The summed E-state index contributed by atoms with van der Waals surface area (Å²) in [6.45, 7) is 13.2. The van der Waals surface area contributed by atoms with E-state index in [9.17, 15) is 0 Å². The Labute approximate surface area is 109 Å². The second-order valence-electron chi connectivity index (χ2n) is 6.82. The van der Waals surface area contributed by atoms with Crippen molar-refractivity contribution in [2.75, 3.05) is 0 Å². The Kier molecular flexibility index (Phi) is 2.88. The molecule has 0 amide bonds. The molecule has 0 radical (unpaired) electrons. The summed E-state index contributed by atoms with van der Waals surface area (Å²) in [7, 11) is 0. The monoisotopic (exact) mass is 243 g/mol. The normalized spacial score (nSPS) is 13.0. The predicted octanol–water partition coefficient (Wildman–Crippen LogP) is 3.62. The third kappa shape index (κ3) is 2.35. The first-order valence-corrected chi connectivity index (χ1v) is 6.31. The fourth-order valence-corrected chi connectivity index (χ4v) is 2.06. The van der Waals surface area contributed by atoms with Gasteiger partial charge in [-0.25, -0.2) is 15.0 Å². The maximum Gasteiger partial charge on any atom is 0.162 e. The van der Waals surface area contributed by atoms with E-state index in [1.807, 2.05) is 6.20 Å². The van der Waals surface area contributed by atoms with Crippen molar-refractivity contribution in [3.05, 3.63) is 29.8 Å². The molecule has 2 rings (SSSR count). The smallest absolute Gasteiger partial charge is 0.162 e. The maximum absolute atomic E-state index is 4.76. The van der Waals surface area contributed by atoms with Gasteiger partial charge in [0.05, 0.1) is 5.69 Å². The van der Waals surface area contributed by atoms with E-state index in [2.05, 4.69) is 57.6 Å². The zero-order valence-electron chi connectivity index (χ0n) is 12.1. The number of fused-ring (bicyclic) bond motifs is 1. The van der Waals surface area contributed by atoms with Crippen molar-refractivity contribution in [2.45, 2.75) is 52.4 Å². The van der Waals surface area contributed by atoms with Crippen LogP contribution in [0.25, 0.3) is 11.0 Å². The Morgan fingerprint density at radius 1 is 0.944 bits per heavy atom. The number of nitrogens with zero attached hydrogens (tertiary/aromatic N) is 3. The van der Waals surface area contributed by atoms with E-state index in [0.717, 1.165) is 16.7 Å². The van der Waals surface area contributed by atoms with E-state index in [1.54, 1.807) is 6.33 Å². The van der Waals surface area contributed by atoms with Gasteiger partial charge in [0.2, 0.25) is 0 Å². The molecule has 0 bridgehead atoms. The van der Waals surface area contributed by atoms with Crippen molar-refractivity contribution in [1.29, 1.82) is 0 Å². The minimum absolute atomic E-state index is 0.0156. The third-order valence-corrected chi connectivity index (χ3v) is 3.01. The first-order valence-electron chi connectivity index (χ1n) is 6.31. The molecular weight excluding hydrogens is 222 g/mol. The summed E-state index contributed by atoms with van der Waals surface area (Å²) < 4.78 is 0. The first-order chi connectivity index (χ1) is 8.19. The van der Waals surface area contributed by atoms with Gasteiger partial charge in [0.25, 0.3) is 0 Å². The van der Waals surface area contributed by atoms with Gasteiger partial charge in [-0.1, -0.05) is 41.5 Å². The molecular formula is C15H21N3. The van der Waals surface area contributed by atoms with E-state index in [0.29, 0.717) is 0 Å². The highest BCUT2D eigenvalue weighted by atomic mass is 14.9. The average Bonchev–Trinajstić information content (AvgIpc) is 2.25. The summed E-state index contributed by atoms with van der Waals surface area (Å²) >= 11 is 0. The number of aromatic nitrogens is 3. The van der Waals surface area contributed by atoms with Crippen LogP contribution in [0.2, 0.25) is 0 Å². The molecule has 96 valence electrons. The van der Waals surface area contributed by atoms with Gasteiger partial charge in [-0.3, -0.25) is 0 Å². The molecule has 0 N–H and O–H groups in total. The van der Waals surface area contributed by atoms with Crippen LogP contribution >= 0.6 is 0 Å². The van der Waals surface area contributed by atoms with Gasteiger partial charge in [-0.05, 0) is 17.0 Å². The molecule has 18 heavy (non-hydrogen) atoms. The summed E-state index contributed by atoms with van der Waals surface area (Å²) in [5.41, 5.74) is 3.27. The fourth-order valence-electron chi connectivity index (χ4n) is 2.06. The molecule has 3 nitrogen and oxygen atoms in total. The third-order valence-electron chi connectivity index (χ3n) is 3.01. The van der Waals surface area contributed by atoms with E-state index >= 15 is 0 Å². The molecule has 0 aliphatic rings. The topological polar surface area (TPSA) is 38.7 Å². The van der Waals surface area contributed by atoms with Crippen LogP contribution in [0.3, 0.4) is 0 Å². The van der Waals surface area contributed by atoms with Gasteiger partial charge in [-0.15, -0.1) is 0 Å². The minimum atomic E-state index is 0.0156. The zero-order chi connectivity index (χ0) is 13.6. The summed E-state index contributed by atoms with van der Waals surface area (Å²) in [6.07, 6.45) is 3.38. The van der Waals surface area contributed by atoms with Crippen molar-refractivity contribution < 1.29 is 0 Å². The number of rotatable bonds is 0. The molecule has 0 atom stereocenters. The van der Waals surface area contributed by atoms with Gasteiger partial charge < -0.3 is 0 Å². The molecule has 2 aromatic heterocycles. The largest absolute Gasteiger partial charge is 0.244 e. The SMILES string of the molecule is CC(C)(C)c1cc2cncnc2nc1C(C)(C)C. The second kappa shape index (κ2) is 4.01. The Morgan fingerprint density at radius 2 is 1.61 bits per heavy atom. The summed E-state index contributed by atoms with van der Waals surface area (Å²) in [5, 5.41) is 1.01. The Balaban J connectivity index is 2.81. The predicted molar refractivity (Wildman–Crippen MR) is 74.7 cm³/mol. The van der Waals surface area contributed by atoms with Crippen molar-refractivity contribution in [3.63, 3.8) is 0 Å². The molecule has 0 saturated heterocycles. The molecule has 0 aromatic carbocycles. The van der Waals surface area contributed by atoms with Crippen LogP contribution in [-0.4, -0.2) is 15.0 Å². The quantitative estimate of drug-likeness (QED) is 0.709. The van der Waals surface area contributed by atoms with Crippen LogP contribution < -0.4 is 0 Å². The van der Waals surface area contributed by atoms with Crippen molar-refractivity contribution in [1.82, 2.24) is 15.0 Å². The molecule has 2 aromatic rings. The fraction of sp³-hybridized carbons (Fsp3) is 0.533. The molecule has 0 aliphatic carbocycles. The molecule has 2 heterocycles. The average molecular weight is 243 g/mol. The molecule has 0 aliphatic heterocycles. The van der Waals surface area contributed by atoms with E-state index < -0.39 is 0 Å². The highest BCUT2D eigenvalue weighted by Crippen LogP contribution is 2.33. The van der Waals surface area contributed by atoms with Gasteiger partial charge in [0, 0.05) is 17.0 Å². The lowest BCUT2D eigenvalue weighted by Crippen LogP contribution is -2.23. The Hall–Kier alpha value is -1.51. The van der Waals surface area contributed by atoms with Crippen LogP contribution in [0.4, 0.5) is 0 Å². The number of pyridine rings is 1. The Morgan fingerprint density at radius 3 is 2.17 bits per heavy atom. The number of hydrogen-bond donors (Lipinski definition) is 0. The standard InChI is InChI=1S/C15H21N3/c1-14(2,3)11-7-10-8-16-9-17-13(10)18-12(11)15(4,5)6/h7-9H,1-6H3. The summed E-state index contributed by atoms with van der Waals surface area (Å²) in [4.78, 5) is 13.1. The lowest BCUT2D eigenvalue weighted by Gasteiger charge is -2.29. The van der Waals surface area contributed by atoms with Gasteiger partial charge in [0.1, 0.15) is 6.33 Å². The van der Waals surface area contributed by atoms with Crippen molar-refractivity contribution in [3.8, 4) is 0 Å². The lowest BCUT2D eigenvalue weighted by molar-refractivity contribution is 0.516. The van der Waals surface area contributed by atoms with Crippen LogP contribution in [-0.2, 0) is 10.8 Å². The van der Waals surface area contributed by atoms with Crippen molar-refractivity contribution >= 4 is 11.0 Å². The molecule has 0 saturated carbocycles. The highest BCUT2D eigenvalue weighted by molar-refractivity contribution is 5.75. The van der Waals surface area contributed by atoms with Gasteiger partial charge >= 0.3 is 0 Å². The zero-order valence-corrected chi connectivity index (χ0v) is 12.1. The number of hydrogen-bond acceptors (Lipinski definition) is 3. The maximum atomic E-state index is 4.76. The van der Waals surface area contributed by atoms with E-state index in [1.165, 1.54) is 5.56 Å². The van der Waals surface area contributed by atoms with Crippen LogP contribution in [0.5, 0.6) is 0 Å². The molecule has 0 unspecified atom stereocenters. The van der Waals surface area contributed by atoms with Gasteiger partial charge in [-0.2, -0.15) is 0 Å². The molecule has 0 spiro atoms. The van der Waals surface area contributed by atoms with Gasteiger partial charge in [0.15, 0.2) is 5.65 Å². The Bertz CT molecular complexity index is 522. The highest BCUT2D eigenvalue weighted by Gasteiger charge is 2.27. The second-order valence-corrected chi connectivity index (χ2v) is 6.82. The van der Waals surface area contributed by atoms with Crippen LogP contribution in [0.1, 0.15) is 52.8 Å². The van der Waals surface area contributed by atoms with Crippen LogP contribution in [0.15, 0.2) is 18.6 Å². The van der Waals surface area contributed by atoms with E-state index in [-0.39, 0.29) is 10.8 Å². The minimum Gasteiger partial charge on any atom is -0.244 e. The summed E-state index contributed by atoms with van der Waals surface area (Å²) in [5.74, 6) is 0. The lowest BCUT2D eigenvalue weighted by atomic mass is 9.78. The molecule has 0 fully saturated rings. The summed E-state index contributed by atoms with van der Waals surface area (Å²) in [6, 6.07) is 2.18. The molecule has 3 heteroatoms. The van der Waals surface area contributed by atoms with Crippen molar-refractivity contribution in [2.24, 2.45) is 0 Å². The van der Waals surface area contributed by atoms with Crippen LogP contribution in [0, 0.1) is 0 Å². The van der Waals surface area contributed by atoms with E-state index in [4.69, 9.17) is 4.98 Å².